The van der Waals surface area contributed by atoms with Crippen molar-refractivity contribution in [2.75, 3.05) is 17.4 Å². The molecule has 0 unspecified atom stereocenters. The number of nitrogens with zero attached hydrogens (tertiary/aromatic N) is 2. The first kappa shape index (κ1) is 33.3. The Kier molecular flexibility index (Phi) is 11.1. The lowest BCUT2D eigenvalue weighted by Crippen LogP contribution is -2.53. The fourth-order valence-corrected chi connectivity index (χ4v) is 6.19. The lowest BCUT2D eigenvalue weighted by molar-refractivity contribution is -0.140. The fourth-order valence-electron chi connectivity index (χ4n) is 4.77. The zero-order valence-electron chi connectivity index (χ0n) is 25.5. The number of para-hydroxylation sites is 1. The number of carbonyl (C=O) groups excluding carboxylic acids is 2. The molecule has 0 bridgehead atoms. The van der Waals surface area contributed by atoms with E-state index in [1.54, 1.807) is 19.1 Å². The van der Waals surface area contributed by atoms with E-state index in [-0.39, 0.29) is 29.5 Å². The molecule has 0 fully saturated rings. The Balaban J connectivity index is 1.80. The van der Waals surface area contributed by atoms with E-state index in [9.17, 15) is 22.4 Å². The molecule has 4 aromatic rings. The predicted molar refractivity (Wildman–Crippen MR) is 171 cm³/mol. The molecule has 0 spiro atoms. The van der Waals surface area contributed by atoms with Gasteiger partial charge < -0.3 is 10.2 Å². The van der Waals surface area contributed by atoms with E-state index in [1.165, 1.54) is 59.5 Å². The number of benzene rings is 4. The molecular weight excluding hydrogens is 596 g/mol. The second-order valence-electron chi connectivity index (χ2n) is 11.3. The maximum atomic E-state index is 15.2. The first-order chi connectivity index (χ1) is 21.5. The van der Waals surface area contributed by atoms with Crippen LogP contribution in [0.25, 0.3) is 0 Å². The van der Waals surface area contributed by atoms with Crippen LogP contribution in [-0.2, 0) is 32.6 Å². The average molecular weight is 634 g/mol. The molecule has 1 atom stereocenters. The van der Waals surface area contributed by atoms with Crippen LogP contribution in [0.1, 0.15) is 30.5 Å². The average Bonchev–Trinajstić information content (AvgIpc) is 3.02. The van der Waals surface area contributed by atoms with E-state index in [0.29, 0.717) is 12.1 Å². The third-order valence-corrected chi connectivity index (χ3v) is 9.00. The largest absolute Gasteiger partial charge is 0.354 e. The van der Waals surface area contributed by atoms with Gasteiger partial charge in [0.2, 0.25) is 11.8 Å². The van der Waals surface area contributed by atoms with Crippen LogP contribution in [0.5, 0.6) is 0 Å². The van der Waals surface area contributed by atoms with Crippen LogP contribution < -0.4 is 9.62 Å². The SMILES string of the molecule is Cc1ccc(S(=O)(=O)N(CC(=O)N(Cc2ccc(F)cc2)[C@@H](Cc2ccccc2)C(=O)NCC(C)C)c2ccccc2F)cc1. The summed E-state index contributed by atoms with van der Waals surface area (Å²) in [4.78, 5) is 29.3. The molecule has 2 amide bonds. The minimum Gasteiger partial charge on any atom is -0.354 e. The Morgan fingerprint density at radius 2 is 1.42 bits per heavy atom. The Labute approximate surface area is 263 Å². The third-order valence-electron chi connectivity index (χ3n) is 7.23. The molecule has 236 valence electrons. The van der Waals surface area contributed by atoms with E-state index in [4.69, 9.17) is 0 Å². The second kappa shape index (κ2) is 14.9. The highest BCUT2D eigenvalue weighted by atomic mass is 32.2. The third kappa shape index (κ3) is 8.76. The van der Waals surface area contributed by atoms with E-state index < -0.39 is 46.1 Å². The number of aryl methyl sites for hydroxylation is 1. The van der Waals surface area contributed by atoms with Gasteiger partial charge in [-0.25, -0.2) is 17.2 Å². The Bertz CT molecular complexity index is 1700. The first-order valence-corrected chi connectivity index (χ1v) is 16.1. The summed E-state index contributed by atoms with van der Waals surface area (Å²) >= 11 is 0. The van der Waals surface area contributed by atoms with Gasteiger partial charge >= 0.3 is 0 Å². The molecule has 10 heteroatoms. The summed E-state index contributed by atoms with van der Waals surface area (Å²) in [5.41, 5.74) is 1.82. The molecular formula is C35H37F2N3O4S. The zero-order chi connectivity index (χ0) is 32.6. The summed E-state index contributed by atoms with van der Waals surface area (Å²) in [5.74, 6) is -2.34. The van der Waals surface area contributed by atoms with Gasteiger partial charge in [-0.05, 0) is 60.4 Å². The highest BCUT2D eigenvalue weighted by Gasteiger charge is 2.35. The standard InChI is InChI=1S/C35H37F2N3O4S/c1-25(2)22-38-35(42)33(21-27-9-5-4-6-10-27)39(23-28-15-17-29(36)18-16-28)34(41)24-40(32-12-8-7-11-31(32)37)45(43,44)30-19-13-26(3)14-20-30/h4-20,25,33H,21-24H2,1-3H3,(H,38,42)/t33-/m0/s1. The molecule has 0 aliphatic heterocycles. The Morgan fingerprint density at radius 3 is 2.04 bits per heavy atom. The van der Waals surface area contributed by atoms with Crippen molar-refractivity contribution in [3.05, 3.63) is 131 Å². The van der Waals surface area contributed by atoms with Crippen molar-refractivity contribution in [1.82, 2.24) is 10.2 Å². The molecule has 0 aliphatic rings. The van der Waals surface area contributed by atoms with Crippen molar-refractivity contribution >= 4 is 27.5 Å². The number of amides is 2. The molecule has 0 heterocycles. The first-order valence-electron chi connectivity index (χ1n) is 14.6. The topological polar surface area (TPSA) is 86.8 Å². The highest BCUT2D eigenvalue weighted by molar-refractivity contribution is 7.92. The number of hydrogen-bond donors (Lipinski definition) is 1. The van der Waals surface area contributed by atoms with E-state index in [0.717, 1.165) is 21.5 Å². The molecule has 45 heavy (non-hydrogen) atoms. The van der Waals surface area contributed by atoms with Crippen molar-refractivity contribution in [2.45, 2.75) is 44.7 Å². The molecule has 1 N–H and O–H groups in total. The van der Waals surface area contributed by atoms with Gasteiger partial charge in [-0.3, -0.25) is 13.9 Å². The Morgan fingerprint density at radius 1 is 0.800 bits per heavy atom. The van der Waals surface area contributed by atoms with Crippen LogP contribution in [0.4, 0.5) is 14.5 Å². The zero-order valence-corrected chi connectivity index (χ0v) is 26.3. The predicted octanol–water partition coefficient (Wildman–Crippen LogP) is 5.88. The summed E-state index contributed by atoms with van der Waals surface area (Å²) in [6.07, 6.45) is 0.127. The van der Waals surface area contributed by atoms with Crippen molar-refractivity contribution in [3.8, 4) is 0 Å². The molecule has 0 saturated carbocycles. The quantitative estimate of drug-likeness (QED) is 0.199. The molecule has 0 radical (unpaired) electrons. The summed E-state index contributed by atoms with van der Waals surface area (Å²) in [7, 11) is -4.43. The van der Waals surface area contributed by atoms with E-state index in [1.807, 2.05) is 44.2 Å². The number of carbonyl (C=O) groups is 2. The van der Waals surface area contributed by atoms with Crippen LogP contribution in [0.15, 0.2) is 108 Å². The van der Waals surface area contributed by atoms with Gasteiger partial charge in [0.1, 0.15) is 24.2 Å². The summed E-state index contributed by atoms with van der Waals surface area (Å²) in [6.45, 7) is 5.12. The summed E-state index contributed by atoms with van der Waals surface area (Å²) in [6, 6.07) is 24.9. The number of halogens is 2. The second-order valence-corrected chi connectivity index (χ2v) is 13.1. The monoisotopic (exact) mass is 633 g/mol. The van der Waals surface area contributed by atoms with Gasteiger partial charge in [-0.15, -0.1) is 0 Å². The van der Waals surface area contributed by atoms with Crippen LogP contribution in [0.3, 0.4) is 0 Å². The maximum Gasteiger partial charge on any atom is 0.264 e. The van der Waals surface area contributed by atoms with E-state index in [2.05, 4.69) is 5.32 Å². The van der Waals surface area contributed by atoms with Gasteiger partial charge in [-0.1, -0.05) is 86.1 Å². The smallest absolute Gasteiger partial charge is 0.264 e. The van der Waals surface area contributed by atoms with Crippen LogP contribution in [0, 0.1) is 24.5 Å². The molecule has 0 aliphatic carbocycles. The van der Waals surface area contributed by atoms with E-state index >= 15 is 4.39 Å². The van der Waals surface area contributed by atoms with Gasteiger partial charge in [-0.2, -0.15) is 0 Å². The molecule has 0 aromatic heterocycles. The van der Waals surface area contributed by atoms with Gasteiger partial charge in [0.15, 0.2) is 0 Å². The van der Waals surface area contributed by atoms with Crippen LogP contribution in [-0.4, -0.2) is 44.3 Å². The van der Waals surface area contributed by atoms with Crippen molar-refractivity contribution in [1.29, 1.82) is 0 Å². The molecule has 4 rings (SSSR count). The normalized spacial score (nSPS) is 12.0. The fraction of sp³-hybridized carbons (Fsp3) is 0.257. The molecule has 4 aromatic carbocycles. The number of hydrogen-bond acceptors (Lipinski definition) is 4. The van der Waals surface area contributed by atoms with Crippen LogP contribution in [0.2, 0.25) is 0 Å². The number of sulfonamides is 1. The van der Waals surface area contributed by atoms with Crippen molar-refractivity contribution in [3.63, 3.8) is 0 Å². The minimum atomic E-state index is -4.43. The van der Waals surface area contributed by atoms with Gasteiger partial charge in [0.05, 0.1) is 10.6 Å². The maximum absolute atomic E-state index is 15.2. The lowest BCUT2D eigenvalue weighted by Gasteiger charge is -2.34. The number of rotatable bonds is 13. The molecule has 7 nitrogen and oxygen atoms in total. The van der Waals surface area contributed by atoms with Gasteiger partial charge in [0.25, 0.3) is 10.0 Å². The molecule has 0 saturated heterocycles. The van der Waals surface area contributed by atoms with Crippen molar-refractivity contribution in [2.24, 2.45) is 5.92 Å². The lowest BCUT2D eigenvalue weighted by atomic mass is 10.0. The summed E-state index contributed by atoms with van der Waals surface area (Å²) in [5, 5.41) is 2.90. The minimum absolute atomic E-state index is 0.121. The summed E-state index contributed by atoms with van der Waals surface area (Å²) < 4.78 is 57.7. The highest BCUT2D eigenvalue weighted by Crippen LogP contribution is 2.27. The van der Waals surface area contributed by atoms with Gasteiger partial charge in [0, 0.05) is 19.5 Å². The number of nitrogens with one attached hydrogen (secondary N) is 1. The van der Waals surface area contributed by atoms with Crippen molar-refractivity contribution < 1.29 is 26.8 Å². The Hall–Kier alpha value is -4.57. The number of anilines is 1. The van der Waals surface area contributed by atoms with Crippen LogP contribution >= 0.6 is 0 Å².